The zero-order valence-electron chi connectivity index (χ0n) is 11.2. The Hall–Kier alpha value is -1.73. The Morgan fingerprint density at radius 1 is 1.43 bits per heavy atom. The molecular formula is C14H13BrN2O3S. The van der Waals surface area contributed by atoms with Gasteiger partial charge in [-0.25, -0.2) is 9.78 Å². The van der Waals surface area contributed by atoms with Crippen molar-refractivity contribution in [2.24, 2.45) is 0 Å². The van der Waals surface area contributed by atoms with Crippen LogP contribution in [0.15, 0.2) is 28.1 Å². The van der Waals surface area contributed by atoms with Crippen LogP contribution in [0.3, 0.4) is 0 Å². The van der Waals surface area contributed by atoms with Gasteiger partial charge in [-0.3, -0.25) is 4.79 Å². The van der Waals surface area contributed by atoms with Crippen LogP contribution in [0.1, 0.15) is 31.4 Å². The molecule has 0 aliphatic heterocycles. The van der Waals surface area contributed by atoms with Gasteiger partial charge in [-0.05, 0) is 30.7 Å². The number of hydrogen-bond acceptors (Lipinski definition) is 4. The van der Waals surface area contributed by atoms with Crippen LogP contribution < -0.4 is 5.32 Å². The first-order valence-corrected chi connectivity index (χ1v) is 7.86. The molecule has 0 aliphatic carbocycles. The third-order valence-electron chi connectivity index (χ3n) is 2.83. The molecule has 0 atom stereocenters. The van der Waals surface area contributed by atoms with E-state index in [0.29, 0.717) is 23.5 Å². The summed E-state index contributed by atoms with van der Waals surface area (Å²) in [6.45, 7) is 2.29. The molecule has 2 aromatic rings. The van der Waals surface area contributed by atoms with Gasteiger partial charge in [-0.2, -0.15) is 0 Å². The van der Waals surface area contributed by atoms with E-state index >= 15 is 0 Å². The zero-order valence-corrected chi connectivity index (χ0v) is 13.6. The third-order valence-corrected chi connectivity index (χ3v) is 4.23. The van der Waals surface area contributed by atoms with Gasteiger partial charge in [0, 0.05) is 28.4 Å². The highest BCUT2D eigenvalue weighted by molar-refractivity contribution is 9.10. The molecule has 0 fully saturated rings. The summed E-state index contributed by atoms with van der Waals surface area (Å²) >= 11 is 4.64. The van der Waals surface area contributed by atoms with E-state index in [1.54, 1.807) is 6.07 Å². The molecule has 7 heteroatoms. The van der Waals surface area contributed by atoms with E-state index in [1.807, 2.05) is 19.1 Å². The Balaban J connectivity index is 1.90. The van der Waals surface area contributed by atoms with Crippen LogP contribution in [-0.4, -0.2) is 28.5 Å². The highest BCUT2D eigenvalue weighted by Gasteiger charge is 2.11. The predicted molar refractivity (Wildman–Crippen MR) is 84.0 cm³/mol. The Bertz CT molecular complexity index is 685. The summed E-state index contributed by atoms with van der Waals surface area (Å²) in [7, 11) is 0. The van der Waals surface area contributed by atoms with Crippen molar-refractivity contribution < 1.29 is 14.7 Å². The van der Waals surface area contributed by atoms with Gasteiger partial charge in [-0.15, -0.1) is 11.3 Å². The first kappa shape index (κ1) is 15.7. The normalized spacial score (nSPS) is 10.4. The van der Waals surface area contributed by atoms with E-state index in [1.165, 1.54) is 16.7 Å². The van der Waals surface area contributed by atoms with Crippen LogP contribution >= 0.6 is 27.3 Å². The number of thiazole rings is 1. The number of carboxylic acids is 1. The number of carbonyl (C=O) groups is 2. The minimum Gasteiger partial charge on any atom is -0.476 e. The van der Waals surface area contributed by atoms with Crippen LogP contribution in [0, 0.1) is 6.92 Å². The summed E-state index contributed by atoms with van der Waals surface area (Å²) in [4.78, 5) is 26.7. The van der Waals surface area contributed by atoms with E-state index in [9.17, 15) is 9.59 Å². The molecule has 1 amide bonds. The van der Waals surface area contributed by atoms with Crippen LogP contribution in [0.4, 0.5) is 0 Å². The number of carbonyl (C=O) groups excluding carboxylic acids is 1. The standard InChI is InChI=1S/C14H13BrN2O3S/c1-8-6-9(15)2-3-10(8)13(18)16-5-4-12-17-11(7-21-12)14(19)20/h2-3,6-7H,4-5H2,1H3,(H,16,18)(H,19,20). The lowest BCUT2D eigenvalue weighted by Crippen LogP contribution is -2.26. The largest absolute Gasteiger partial charge is 0.476 e. The lowest BCUT2D eigenvalue weighted by Gasteiger charge is -2.07. The number of benzene rings is 1. The summed E-state index contributed by atoms with van der Waals surface area (Å²) in [6, 6.07) is 5.47. The quantitative estimate of drug-likeness (QED) is 0.850. The highest BCUT2D eigenvalue weighted by Crippen LogP contribution is 2.16. The second-order valence-corrected chi connectivity index (χ2v) is 6.26. The summed E-state index contributed by atoms with van der Waals surface area (Å²) in [5.41, 5.74) is 1.57. The van der Waals surface area contributed by atoms with Gasteiger partial charge in [0.15, 0.2) is 5.69 Å². The second kappa shape index (κ2) is 6.82. The van der Waals surface area contributed by atoms with Crippen molar-refractivity contribution in [1.29, 1.82) is 0 Å². The highest BCUT2D eigenvalue weighted by atomic mass is 79.9. The summed E-state index contributed by atoms with van der Waals surface area (Å²) in [6.07, 6.45) is 0.513. The molecule has 0 bridgehead atoms. The number of amides is 1. The van der Waals surface area contributed by atoms with Crippen molar-refractivity contribution >= 4 is 39.1 Å². The zero-order chi connectivity index (χ0) is 15.4. The number of nitrogens with zero attached hydrogens (tertiary/aromatic N) is 1. The van der Waals surface area contributed by atoms with Crippen molar-refractivity contribution in [1.82, 2.24) is 10.3 Å². The molecule has 2 rings (SSSR count). The molecule has 21 heavy (non-hydrogen) atoms. The molecule has 0 saturated carbocycles. The number of aromatic carboxylic acids is 1. The van der Waals surface area contributed by atoms with Gasteiger partial charge in [-0.1, -0.05) is 15.9 Å². The van der Waals surface area contributed by atoms with E-state index < -0.39 is 5.97 Å². The molecule has 0 radical (unpaired) electrons. The first-order chi connectivity index (χ1) is 9.97. The Morgan fingerprint density at radius 3 is 2.81 bits per heavy atom. The number of halogens is 1. The molecule has 1 heterocycles. The molecule has 2 N–H and O–H groups in total. The van der Waals surface area contributed by atoms with Gasteiger partial charge in [0.2, 0.25) is 0 Å². The fourth-order valence-electron chi connectivity index (χ4n) is 1.78. The van der Waals surface area contributed by atoms with Gasteiger partial charge in [0.1, 0.15) is 0 Å². The van der Waals surface area contributed by atoms with Crippen molar-refractivity contribution in [2.45, 2.75) is 13.3 Å². The number of aryl methyl sites for hydroxylation is 1. The van der Waals surface area contributed by atoms with Crippen LogP contribution in [0.25, 0.3) is 0 Å². The van der Waals surface area contributed by atoms with Gasteiger partial charge < -0.3 is 10.4 Å². The number of aromatic nitrogens is 1. The smallest absolute Gasteiger partial charge is 0.355 e. The Labute approximate surface area is 134 Å². The topological polar surface area (TPSA) is 79.3 Å². The minimum absolute atomic E-state index is 0.0464. The van der Waals surface area contributed by atoms with E-state index in [4.69, 9.17) is 5.11 Å². The Kier molecular flexibility index (Phi) is 5.08. The first-order valence-electron chi connectivity index (χ1n) is 6.19. The van der Waals surface area contributed by atoms with Gasteiger partial charge in [0.05, 0.1) is 5.01 Å². The van der Waals surface area contributed by atoms with E-state index in [-0.39, 0.29) is 11.6 Å². The molecule has 1 aromatic heterocycles. The molecule has 0 aliphatic rings. The number of rotatable bonds is 5. The van der Waals surface area contributed by atoms with Crippen LogP contribution in [-0.2, 0) is 6.42 Å². The molecule has 0 unspecified atom stereocenters. The summed E-state index contributed by atoms with van der Waals surface area (Å²) < 4.78 is 0.931. The minimum atomic E-state index is -1.04. The molecule has 0 spiro atoms. The molecule has 1 aromatic carbocycles. The third kappa shape index (κ3) is 4.12. The lowest BCUT2D eigenvalue weighted by molar-refractivity contribution is 0.0690. The SMILES string of the molecule is Cc1cc(Br)ccc1C(=O)NCCc1nc(C(=O)O)cs1. The fraction of sp³-hybridized carbons (Fsp3) is 0.214. The van der Waals surface area contributed by atoms with E-state index in [0.717, 1.165) is 10.0 Å². The van der Waals surface area contributed by atoms with Crippen LogP contribution in [0.5, 0.6) is 0 Å². The monoisotopic (exact) mass is 368 g/mol. The van der Waals surface area contributed by atoms with Crippen molar-refractivity contribution in [3.8, 4) is 0 Å². The van der Waals surface area contributed by atoms with Crippen LogP contribution in [0.2, 0.25) is 0 Å². The van der Waals surface area contributed by atoms with Crippen molar-refractivity contribution in [2.75, 3.05) is 6.54 Å². The average Bonchev–Trinajstić information content (AvgIpc) is 2.87. The second-order valence-electron chi connectivity index (χ2n) is 4.40. The maximum Gasteiger partial charge on any atom is 0.355 e. The Morgan fingerprint density at radius 2 is 2.19 bits per heavy atom. The van der Waals surface area contributed by atoms with Crippen molar-refractivity contribution in [3.63, 3.8) is 0 Å². The summed E-state index contributed by atoms with van der Waals surface area (Å²) in [5.74, 6) is -1.18. The fourth-order valence-corrected chi connectivity index (χ4v) is 3.03. The number of nitrogens with one attached hydrogen (secondary N) is 1. The molecule has 5 nitrogen and oxygen atoms in total. The summed E-state index contributed by atoms with van der Waals surface area (Å²) in [5, 5.41) is 13.8. The number of carboxylic acid groups (broad SMARTS) is 1. The van der Waals surface area contributed by atoms with Gasteiger partial charge >= 0.3 is 5.97 Å². The molecular weight excluding hydrogens is 356 g/mol. The molecule has 0 saturated heterocycles. The number of hydrogen-bond donors (Lipinski definition) is 2. The van der Waals surface area contributed by atoms with Gasteiger partial charge in [0.25, 0.3) is 5.91 Å². The van der Waals surface area contributed by atoms with Crippen molar-refractivity contribution in [3.05, 3.63) is 49.9 Å². The predicted octanol–water partition coefficient (Wildman–Crippen LogP) is 2.88. The van der Waals surface area contributed by atoms with E-state index in [2.05, 4.69) is 26.2 Å². The maximum atomic E-state index is 12.0. The maximum absolute atomic E-state index is 12.0. The lowest BCUT2D eigenvalue weighted by atomic mass is 10.1. The average molecular weight is 369 g/mol. The molecule has 110 valence electrons.